The van der Waals surface area contributed by atoms with Crippen molar-refractivity contribution in [3.63, 3.8) is 0 Å². The molecular formula is C17H14FO8P. The van der Waals surface area contributed by atoms with Crippen LogP contribution in [-0.4, -0.2) is 24.0 Å². The van der Waals surface area contributed by atoms with Crippen molar-refractivity contribution in [1.29, 1.82) is 0 Å². The van der Waals surface area contributed by atoms with Gasteiger partial charge in [-0.2, -0.15) is 0 Å². The number of halogens is 1. The van der Waals surface area contributed by atoms with E-state index in [9.17, 15) is 13.8 Å². The third kappa shape index (κ3) is 3.66. The molecule has 2 N–H and O–H groups in total. The zero-order valence-corrected chi connectivity index (χ0v) is 15.0. The third-order valence-corrected chi connectivity index (χ3v) is 4.08. The van der Waals surface area contributed by atoms with Crippen molar-refractivity contribution in [3.8, 4) is 28.6 Å². The highest BCUT2D eigenvalue weighted by molar-refractivity contribution is 7.46. The molecule has 0 bridgehead atoms. The first-order valence-corrected chi connectivity index (χ1v) is 9.01. The Hall–Kier alpha value is -2.87. The molecule has 1 heterocycles. The SMILES string of the molecule is COc1cc(-c2oc3ccccc3c(=O)c2OP(=O)(O)O)cc(F)c1OC. The van der Waals surface area contributed by atoms with Gasteiger partial charge in [0.2, 0.25) is 11.2 Å². The standard InChI is InChI=1S/C17H14FO8P/c1-23-13-8-9(7-11(18)16(13)24-2)15-17(26-27(20,21)22)14(19)10-5-3-4-6-12(10)25-15/h3-8H,1-2H3,(H2,20,21,22). The normalized spacial score (nSPS) is 11.4. The van der Waals surface area contributed by atoms with Gasteiger partial charge in [0, 0.05) is 5.56 Å². The summed E-state index contributed by atoms with van der Waals surface area (Å²) in [4.78, 5) is 31.0. The van der Waals surface area contributed by atoms with Gasteiger partial charge in [-0.1, -0.05) is 12.1 Å². The molecule has 0 saturated carbocycles. The first kappa shape index (κ1) is 18.9. The molecule has 0 radical (unpaired) electrons. The molecule has 3 rings (SSSR count). The summed E-state index contributed by atoms with van der Waals surface area (Å²) >= 11 is 0. The quantitative estimate of drug-likeness (QED) is 0.632. The Morgan fingerprint density at radius 3 is 2.41 bits per heavy atom. The van der Waals surface area contributed by atoms with Crippen molar-refractivity contribution in [2.75, 3.05) is 14.2 Å². The lowest BCUT2D eigenvalue weighted by molar-refractivity contribution is 0.280. The second kappa shape index (κ2) is 7.03. The van der Waals surface area contributed by atoms with Gasteiger partial charge < -0.3 is 18.4 Å². The molecule has 0 atom stereocenters. The number of fused-ring (bicyclic) bond motifs is 1. The maximum atomic E-state index is 14.3. The Morgan fingerprint density at radius 2 is 1.78 bits per heavy atom. The predicted molar refractivity (Wildman–Crippen MR) is 93.7 cm³/mol. The number of phosphoric ester groups is 1. The molecule has 0 amide bonds. The molecule has 1 aromatic heterocycles. The fourth-order valence-corrected chi connectivity index (χ4v) is 2.97. The molecule has 27 heavy (non-hydrogen) atoms. The largest absolute Gasteiger partial charge is 0.525 e. The second-order valence-electron chi connectivity index (χ2n) is 5.36. The Kier molecular flexibility index (Phi) is 4.93. The summed E-state index contributed by atoms with van der Waals surface area (Å²) in [6.07, 6.45) is 0. The van der Waals surface area contributed by atoms with Crippen molar-refractivity contribution in [2.45, 2.75) is 0 Å². The Morgan fingerprint density at radius 1 is 1.07 bits per heavy atom. The molecule has 3 aromatic rings. The van der Waals surface area contributed by atoms with Gasteiger partial charge in [-0.25, -0.2) is 8.96 Å². The van der Waals surface area contributed by atoms with Crippen LogP contribution in [0.15, 0.2) is 45.6 Å². The number of para-hydroxylation sites is 1. The minimum atomic E-state index is -5.10. The molecule has 0 saturated heterocycles. The van der Waals surface area contributed by atoms with Crippen LogP contribution in [0.3, 0.4) is 0 Å². The van der Waals surface area contributed by atoms with Crippen LogP contribution >= 0.6 is 7.82 Å². The molecule has 0 unspecified atom stereocenters. The van der Waals surface area contributed by atoms with Gasteiger partial charge in [0.05, 0.1) is 19.6 Å². The van der Waals surface area contributed by atoms with E-state index in [1.807, 2.05) is 0 Å². The van der Waals surface area contributed by atoms with E-state index in [4.69, 9.17) is 23.7 Å². The lowest BCUT2D eigenvalue weighted by Gasteiger charge is -2.14. The second-order valence-corrected chi connectivity index (χ2v) is 6.52. The summed E-state index contributed by atoms with van der Waals surface area (Å²) in [6.45, 7) is 0. The molecule has 0 aliphatic carbocycles. The molecule has 10 heteroatoms. The van der Waals surface area contributed by atoms with E-state index >= 15 is 0 Å². The zero-order valence-electron chi connectivity index (χ0n) is 14.1. The minimum Gasteiger partial charge on any atom is -0.493 e. The van der Waals surface area contributed by atoms with Gasteiger partial charge in [-0.15, -0.1) is 0 Å². The molecule has 0 aliphatic heterocycles. The third-order valence-electron chi connectivity index (χ3n) is 3.66. The summed E-state index contributed by atoms with van der Waals surface area (Å²) < 4.78 is 45.8. The highest BCUT2D eigenvalue weighted by atomic mass is 31.2. The van der Waals surface area contributed by atoms with Crippen molar-refractivity contribution >= 4 is 18.8 Å². The monoisotopic (exact) mass is 396 g/mol. The zero-order chi connectivity index (χ0) is 19.8. The maximum Gasteiger partial charge on any atom is 0.525 e. The highest BCUT2D eigenvalue weighted by Gasteiger charge is 2.26. The van der Waals surface area contributed by atoms with Gasteiger partial charge in [0.25, 0.3) is 0 Å². The molecule has 142 valence electrons. The van der Waals surface area contributed by atoms with Crippen molar-refractivity contribution in [3.05, 3.63) is 52.4 Å². The average Bonchev–Trinajstić information content (AvgIpc) is 2.62. The fraction of sp³-hybridized carbons (Fsp3) is 0.118. The van der Waals surface area contributed by atoms with E-state index in [-0.39, 0.29) is 33.8 Å². The summed E-state index contributed by atoms with van der Waals surface area (Å²) in [7, 11) is -2.56. The van der Waals surface area contributed by atoms with E-state index in [1.165, 1.54) is 32.4 Å². The van der Waals surface area contributed by atoms with Crippen molar-refractivity contribution < 1.29 is 37.2 Å². The molecular weight excluding hydrogens is 382 g/mol. The summed E-state index contributed by atoms with van der Waals surface area (Å²) in [5.74, 6) is -2.12. The maximum absolute atomic E-state index is 14.3. The first-order valence-electron chi connectivity index (χ1n) is 7.48. The van der Waals surface area contributed by atoms with Gasteiger partial charge in [-0.05, 0) is 24.3 Å². The number of hydrogen-bond donors (Lipinski definition) is 2. The van der Waals surface area contributed by atoms with Gasteiger partial charge in [0.15, 0.2) is 23.1 Å². The van der Waals surface area contributed by atoms with Crippen LogP contribution in [0.4, 0.5) is 4.39 Å². The van der Waals surface area contributed by atoms with E-state index in [0.29, 0.717) is 0 Å². The van der Waals surface area contributed by atoms with Gasteiger partial charge in [-0.3, -0.25) is 14.6 Å². The van der Waals surface area contributed by atoms with Crippen LogP contribution in [-0.2, 0) is 4.57 Å². The van der Waals surface area contributed by atoms with Crippen LogP contribution in [0.2, 0.25) is 0 Å². The lowest BCUT2D eigenvalue weighted by Crippen LogP contribution is -2.09. The van der Waals surface area contributed by atoms with E-state index < -0.39 is 24.8 Å². The molecule has 0 aliphatic rings. The Bertz CT molecular complexity index is 1120. The van der Waals surface area contributed by atoms with Crippen molar-refractivity contribution in [1.82, 2.24) is 0 Å². The fourth-order valence-electron chi connectivity index (χ4n) is 2.57. The van der Waals surface area contributed by atoms with Crippen molar-refractivity contribution in [2.24, 2.45) is 0 Å². The van der Waals surface area contributed by atoms with Crippen LogP contribution < -0.4 is 19.4 Å². The van der Waals surface area contributed by atoms with Gasteiger partial charge >= 0.3 is 7.82 Å². The summed E-state index contributed by atoms with van der Waals surface area (Å²) in [5, 5.41) is 0.0469. The number of rotatable bonds is 5. The minimum absolute atomic E-state index is 0.00885. The topological polar surface area (TPSA) is 115 Å². The van der Waals surface area contributed by atoms with E-state index in [0.717, 1.165) is 6.07 Å². The number of ether oxygens (including phenoxy) is 2. The molecule has 0 fully saturated rings. The Balaban J connectivity index is 2.36. The molecule has 0 spiro atoms. The lowest BCUT2D eigenvalue weighted by atomic mass is 10.1. The molecule has 8 nitrogen and oxygen atoms in total. The Labute approximate surface area is 152 Å². The number of hydrogen-bond acceptors (Lipinski definition) is 6. The number of methoxy groups -OCH3 is 2. The highest BCUT2D eigenvalue weighted by Crippen LogP contribution is 2.43. The molecule has 2 aromatic carbocycles. The van der Waals surface area contributed by atoms with Gasteiger partial charge in [0.1, 0.15) is 5.58 Å². The summed E-state index contributed by atoms with van der Waals surface area (Å²) in [5.41, 5.74) is -0.715. The van der Waals surface area contributed by atoms with Crippen LogP contribution in [0.25, 0.3) is 22.3 Å². The number of phosphoric acid groups is 1. The smallest absolute Gasteiger partial charge is 0.493 e. The summed E-state index contributed by atoms with van der Waals surface area (Å²) in [6, 6.07) is 8.32. The van der Waals surface area contributed by atoms with Crippen LogP contribution in [0, 0.1) is 5.82 Å². The number of benzene rings is 2. The first-order chi connectivity index (χ1) is 12.7. The van der Waals surface area contributed by atoms with Crippen LogP contribution in [0.1, 0.15) is 0 Å². The average molecular weight is 396 g/mol. The van der Waals surface area contributed by atoms with E-state index in [1.54, 1.807) is 12.1 Å². The predicted octanol–water partition coefficient (Wildman–Crippen LogP) is 3.09. The van der Waals surface area contributed by atoms with E-state index in [2.05, 4.69) is 4.52 Å². The van der Waals surface area contributed by atoms with Crippen LogP contribution in [0.5, 0.6) is 17.2 Å².